The Morgan fingerprint density at radius 3 is 2.59 bits per heavy atom. The van der Waals surface area contributed by atoms with Gasteiger partial charge in [-0.1, -0.05) is 6.07 Å². The maximum Gasteiger partial charge on any atom is 0.299 e. The minimum atomic E-state index is -0.426. The zero-order valence-corrected chi connectivity index (χ0v) is 11.8. The summed E-state index contributed by atoms with van der Waals surface area (Å²) in [7, 11) is 1.59. The molecule has 0 saturated carbocycles. The summed E-state index contributed by atoms with van der Waals surface area (Å²) in [5.74, 6) is 0.678. The Balaban J connectivity index is 1.95. The molecule has 0 fully saturated rings. The van der Waals surface area contributed by atoms with E-state index in [4.69, 9.17) is 10.5 Å². The summed E-state index contributed by atoms with van der Waals surface area (Å²) in [6.07, 6.45) is 1.53. The number of nitrogens with zero attached hydrogens (tertiary/aromatic N) is 4. The van der Waals surface area contributed by atoms with Crippen molar-refractivity contribution in [2.24, 2.45) is 0 Å². The molecule has 110 valence electrons. The molecule has 3 rings (SSSR count). The highest BCUT2D eigenvalue weighted by molar-refractivity contribution is 5.95. The fourth-order valence-corrected chi connectivity index (χ4v) is 1.93. The average Bonchev–Trinajstić information content (AvgIpc) is 2.97. The second-order valence-electron chi connectivity index (χ2n) is 4.45. The largest absolute Gasteiger partial charge is 0.497 e. The minimum Gasteiger partial charge on any atom is -0.497 e. The summed E-state index contributed by atoms with van der Waals surface area (Å²) >= 11 is 0. The molecule has 0 aliphatic carbocycles. The van der Waals surface area contributed by atoms with Crippen molar-refractivity contribution in [3.8, 4) is 17.1 Å². The van der Waals surface area contributed by atoms with Crippen molar-refractivity contribution >= 4 is 11.9 Å². The lowest BCUT2D eigenvalue weighted by atomic mass is 10.2. The Hall–Kier alpha value is -3.22. The molecule has 0 unspecified atom stereocenters. The maximum absolute atomic E-state index is 12.3. The Labute approximate surface area is 126 Å². The van der Waals surface area contributed by atoms with E-state index in [2.05, 4.69) is 15.1 Å². The van der Waals surface area contributed by atoms with E-state index in [1.165, 1.54) is 6.20 Å². The highest BCUT2D eigenvalue weighted by Gasteiger charge is 2.17. The van der Waals surface area contributed by atoms with Gasteiger partial charge in [-0.05, 0) is 36.4 Å². The van der Waals surface area contributed by atoms with Crippen molar-refractivity contribution in [3.05, 3.63) is 54.4 Å². The number of hydrogen-bond donors (Lipinski definition) is 1. The van der Waals surface area contributed by atoms with E-state index in [1.807, 2.05) is 0 Å². The Bertz CT molecular complexity index is 797. The third-order valence-corrected chi connectivity index (χ3v) is 3.06. The fraction of sp³-hybridized carbons (Fsp3) is 0.0667. The third kappa shape index (κ3) is 2.51. The zero-order valence-electron chi connectivity index (χ0n) is 11.8. The number of pyridine rings is 1. The van der Waals surface area contributed by atoms with E-state index in [0.717, 1.165) is 16.0 Å². The molecule has 2 aromatic heterocycles. The van der Waals surface area contributed by atoms with Gasteiger partial charge in [0.05, 0.1) is 7.11 Å². The minimum absolute atomic E-state index is 0.0153. The highest BCUT2D eigenvalue weighted by Crippen LogP contribution is 2.20. The molecule has 0 saturated heterocycles. The molecular weight excluding hydrogens is 282 g/mol. The molecule has 0 bridgehead atoms. The lowest BCUT2D eigenvalue weighted by molar-refractivity contribution is 0.0943. The van der Waals surface area contributed by atoms with Gasteiger partial charge in [-0.25, -0.2) is 0 Å². The van der Waals surface area contributed by atoms with E-state index in [-0.39, 0.29) is 11.6 Å². The number of anilines is 1. The molecule has 0 amide bonds. The van der Waals surface area contributed by atoms with E-state index in [9.17, 15) is 4.79 Å². The summed E-state index contributed by atoms with van der Waals surface area (Å²) in [5.41, 5.74) is 6.78. The van der Waals surface area contributed by atoms with E-state index >= 15 is 0 Å². The van der Waals surface area contributed by atoms with Crippen LogP contribution in [0.1, 0.15) is 10.5 Å². The standard InChI is InChI=1S/C15H13N5O2/c1-22-11-7-5-10(6-8-11)13-18-15(16)20(19-13)14(21)12-4-2-3-9-17-12/h2-9H,1H3,(H2,16,18,19). The molecule has 7 heteroatoms. The van der Waals surface area contributed by atoms with Gasteiger partial charge in [0.15, 0.2) is 5.82 Å². The van der Waals surface area contributed by atoms with Crippen LogP contribution in [0.2, 0.25) is 0 Å². The van der Waals surface area contributed by atoms with Gasteiger partial charge in [0.2, 0.25) is 5.95 Å². The second-order valence-corrected chi connectivity index (χ2v) is 4.45. The molecule has 0 atom stereocenters. The molecule has 2 N–H and O–H groups in total. The van der Waals surface area contributed by atoms with Crippen molar-refractivity contribution < 1.29 is 9.53 Å². The number of nitrogen functional groups attached to an aromatic ring is 1. The van der Waals surface area contributed by atoms with Gasteiger partial charge < -0.3 is 10.5 Å². The van der Waals surface area contributed by atoms with Crippen LogP contribution >= 0.6 is 0 Å². The lowest BCUT2D eigenvalue weighted by Crippen LogP contribution is -2.17. The number of carbonyl (C=O) groups excluding carboxylic acids is 1. The molecule has 3 aromatic rings. The summed E-state index contributed by atoms with van der Waals surface area (Å²) in [6, 6.07) is 12.2. The molecule has 0 spiro atoms. The van der Waals surface area contributed by atoms with E-state index in [1.54, 1.807) is 49.6 Å². The first-order valence-electron chi connectivity index (χ1n) is 6.52. The first kappa shape index (κ1) is 13.7. The molecule has 2 heterocycles. The number of nitrogens with two attached hydrogens (primary N) is 1. The number of benzene rings is 1. The van der Waals surface area contributed by atoms with Gasteiger partial charge in [-0.15, -0.1) is 5.10 Å². The summed E-state index contributed by atoms with van der Waals surface area (Å²) < 4.78 is 6.14. The predicted molar refractivity (Wildman–Crippen MR) is 80.4 cm³/mol. The van der Waals surface area contributed by atoms with Crippen molar-refractivity contribution in [2.45, 2.75) is 0 Å². The van der Waals surface area contributed by atoms with Crippen LogP contribution in [0.15, 0.2) is 48.7 Å². The van der Waals surface area contributed by atoms with Crippen molar-refractivity contribution in [2.75, 3.05) is 12.8 Å². The number of rotatable bonds is 3. The third-order valence-electron chi connectivity index (χ3n) is 3.06. The number of hydrogen-bond acceptors (Lipinski definition) is 6. The van der Waals surface area contributed by atoms with Crippen LogP contribution in [0.25, 0.3) is 11.4 Å². The first-order chi connectivity index (χ1) is 10.7. The monoisotopic (exact) mass is 295 g/mol. The summed E-state index contributed by atoms with van der Waals surface area (Å²) in [5, 5.41) is 4.16. The normalized spacial score (nSPS) is 10.4. The molecule has 22 heavy (non-hydrogen) atoms. The topological polar surface area (TPSA) is 95.9 Å². The molecule has 0 aliphatic rings. The van der Waals surface area contributed by atoms with Gasteiger partial charge in [0.25, 0.3) is 5.91 Å². The maximum atomic E-state index is 12.3. The Morgan fingerprint density at radius 2 is 1.95 bits per heavy atom. The van der Waals surface area contributed by atoms with Gasteiger partial charge in [-0.2, -0.15) is 9.67 Å². The zero-order chi connectivity index (χ0) is 15.5. The van der Waals surface area contributed by atoms with E-state index in [0.29, 0.717) is 5.82 Å². The van der Waals surface area contributed by atoms with E-state index < -0.39 is 5.91 Å². The van der Waals surface area contributed by atoms with Crippen LogP contribution < -0.4 is 10.5 Å². The van der Waals surface area contributed by atoms with Gasteiger partial charge in [0, 0.05) is 11.8 Å². The second kappa shape index (κ2) is 5.65. The van der Waals surface area contributed by atoms with Crippen LogP contribution in [-0.2, 0) is 0 Å². The molecule has 7 nitrogen and oxygen atoms in total. The molecule has 1 aromatic carbocycles. The van der Waals surface area contributed by atoms with Crippen molar-refractivity contribution in [3.63, 3.8) is 0 Å². The van der Waals surface area contributed by atoms with Crippen LogP contribution in [-0.4, -0.2) is 32.8 Å². The van der Waals surface area contributed by atoms with Crippen LogP contribution in [0.4, 0.5) is 5.95 Å². The first-order valence-corrected chi connectivity index (χ1v) is 6.52. The summed E-state index contributed by atoms with van der Waals surface area (Å²) in [4.78, 5) is 20.4. The Morgan fingerprint density at radius 1 is 1.18 bits per heavy atom. The quantitative estimate of drug-likeness (QED) is 0.788. The lowest BCUT2D eigenvalue weighted by Gasteiger charge is -2.00. The van der Waals surface area contributed by atoms with Crippen LogP contribution in [0.3, 0.4) is 0 Å². The molecule has 0 aliphatic heterocycles. The van der Waals surface area contributed by atoms with Gasteiger partial charge in [0.1, 0.15) is 11.4 Å². The van der Waals surface area contributed by atoms with Crippen molar-refractivity contribution in [1.82, 2.24) is 19.7 Å². The summed E-state index contributed by atoms with van der Waals surface area (Å²) in [6.45, 7) is 0. The van der Waals surface area contributed by atoms with Crippen LogP contribution in [0.5, 0.6) is 5.75 Å². The number of methoxy groups -OCH3 is 1. The number of ether oxygens (including phenoxy) is 1. The number of aromatic nitrogens is 4. The highest BCUT2D eigenvalue weighted by atomic mass is 16.5. The smallest absolute Gasteiger partial charge is 0.299 e. The molecule has 0 radical (unpaired) electrons. The predicted octanol–water partition coefficient (Wildman–Crippen LogP) is 1.62. The SMILES string of the molecule is COc1ccc(-c2nc(N)n(C(=O)c3ccccn3)n2)cc1. The fourth-order valence-electron chi connectivity index (χ4n) is 1.93. The van der Waals surface area contributed by atoms with Crippen molar-refractivity contribution in [1.29, 1.82) is 0 Å². The number of carbonyl (C=O) groups is 1. The average molecular weight is 295 g/mol. The van der Waals surface area contributed by atoms with Gasteiger partial charge in [-0.3, -0.25) is 9.78 Å². The van der Waals surface area contributed by atoms with Crippen LogP contribution in [0, 0.1) is 0 Å². The molecular formula is C15H13N5O2. The van der Waals surface area contributed by atoms with Gasteiger partial charge >= 0.3 is 0 Å². The Kier molecular flexibility index (Phi) is 3.53.